The molecular formula is C9H20N2O2. The van der Waals surface area contributed by atoms with Gasteiger partial charge in [-0.1, -0.05) is 13.8 Å². The number of nitrogens with zero attached hydrogens (tertiary/aromatic N) is 1. The first-order valence-corrected chi connectivity index (χ1v) is 4.66. The monoisotopic (exact) mass is 188 g/mol. The molecule has 4 heteroatoms. The Kier molecular flexibility index (Phi) is 6.32. The molecule has 2 N–H and O–H groups in total. The van der Waals surface area contributed by atoms with Crippen molar-refractivity contribution in [2.75, 3.05) is 26.7 Å². The SMILES string of the molecule is CC(C)CCOC(=O)N(C)CCN. The van der Waals surface area contributed by atoms with E-state index in [9.17, 15) is 4.79 Å². The fraction of sp³-hybridized carbons (Fsp3) is 0.889. The van der Waals surface area contributed by atoms with Crippen LogP contribution in [0, 0.1) is 5.92 Å². The average molecular weight is 188 g/mol. The maximum Gasteiger partial charge on any atom is 0.409 e. The van der Waals surface area contributed by atoms with Gasteiger partial charge in [0.05, 0.1) is 6.61 Å². The first kappa shape index (κ1) is 12.2. The molecule has 0 aromatic heterocycles. The number of amides is 1. The van der Waals surface area contributed by atoms with Gasteiger partial charge in [-0.3, -0.25) is 0 Å². The van der Waals surface area contributed by atoms with E-state index in [4.69, 9.17) is 10.5 Å². The molecular weight excluding hydrogens is 168 g/mol. The van der Waals surface area contributed by atoms with Gasteiger partial charge < -0.3 is 15.4 Å². The molecule has 0 aliphatic rings. The van der Waals surface area contributed by atoms with Gasteiger partial charge in [0, 0.05) is 20.1 Å². The molecule has 0 saturated heterocycles. The third-order valence-corrected chi connectivity index (χ3v) is 1.70. The predicted octanol–water partition coefficient (Wildman–Crippen LogP) is 1.06. The number of carbonyl (C=O) groups is 1. The maximum atomic E-state index is 11.2. The third kappa shape index (κ3) is 6.40. The Balaban J connectivity index is 3.50. The molecule has 0 aromatic rings. The van der Waals surface area contributed by atoms with E-state index in [2.05, 4.69) is 13.8 Å². The number of hydrogen-bond acceptors (Lipinski definition) is 3. The summed E-state index contributed by atoms with van der Waals surface area (Å²) >= 11 is 0. The molecule has 0 atom stereocenters. The van der Waals surface area contributed by atoms with Crippen LogP contribution in [0.15, 0.2) is 0 Å². The van der Waals surface area contributed by atoms with Crippen LogP contribution in [0.5, 0.6) is 0 Å². The molecule has 0 unspecified atom stereocenters. The van der Waals surface area contributed by atoms with Crippen LogP contribution in [-0.2, 0) is 4.74 Å². The van der Waals surface area contributed by atoms with Crippen molar-refractivity contribution in [2.24, 2.45) is 11.7 Å². The van der Waals surface area contributed by atoms with E-state index >= 15 is 0 Å². The van der Waals surface area contributed by atoms with E-state index in [0.717, 1.165) is 6.42 Å². The lowest BCUT2D eigenvalue weighted by Gasteiger charge is -2.16. The second-order valence-corrected chi connectivity index (χ2v) is 3.51. The maximum absolute atomic E-state index is 11.2. The standard InChI is InChI=1S/C9H20N2O2/c1-8(2)4-7-13-9(12)11(3)6-5-10/h8H,4-7,10H2,1-3H3. The quantitative estimate of drug-likeness (QED) is 0.702. The van der Waals surface area contributed by atoms with Gasteiger partial charge in [0.1, 0.15) is 0 Å². The van der Waals surface area contributed by atoms with Gasteiger partial charge in [0.15, 0.2) is 0 Å². The molecule has 0 radical (unpaired) electrons. The highest BCUT2D eigenvalue weighted by molar-refractivity contribution is 5.67. The number of ether oxygens (including phenoxy) is 1. The normalized spacial score (nSPS) is 10.2. The van der Waals surface area contributed by atoms with E-state index in [-0.39, 0.29) is 6.09 Å². The Bertz CT molecular complexity index is 149. The van der Waals surface area contributed by atoms with E-state index in [1.807, 2.05) is 0 Å². The first-order chi connectivity index (χ1) is 6.07. The van der Waals surface area contributed by atoms with Gasteiger partial charge in [0.2, 0.25) is 0 Å². The van der Waals surface area contributed by atoms with Gasteiger partial charge in [-0.2, -0.15) is 0 Å². The molecule has 0 heterocycles. The largest absolute Gasteiger partial charge is 0.449 e. The molecule has 78 valence electrons. The van der Waals surface area contributed by atoms with Crippen LogP contribution < -0.4 is 5.73 Å². The lowest BCUT2D eigenvalue weighted by molar-refractivity contribution is 0.107. The zero-order valence-corrected chi connectivity index (χ0v) is 8.75. The number of hydrogen-bond donors (Lipinski definition) is 1. The zero-order chi connectivity index (χ0) is 10.3. The summed E-state index contributed by atoms with van der Waals surface area (Å²) in [7, 11) is 1.69. The van der Waals surface area contributed by atoms with Crippen LogP contribution in [0.1, 0.15) is 20.3 Å². The van der Waals surface area contributed by atoms with Crippen LogP contribution in [0.25, 0.3) is 0 Å². The molecule has 0 spiro atoms. The zero-order valence-electron chi connectivity index (χ0n) is 8.75. The van der Waals surface area contributed by atoms with Crippen LogP contribution in [0.3, 0.4) is 0 Å². The van der Waals surface area contributed by atoms with Crippen LogP contribution in [0.4, 0.5) is 4.79 Å². The summed E-state index contributed by atoms with van der Waals surface area (Å²) in [6, 6.07) is 0. The van der Waals surface area contributed by atoms with Crippen molar-refractivity contribution < 1.29 is 9.53 Å². The van der Waals surface area contributed by atoms with Gasteiger partial charge >= 0.3 is 6.09 Å². The summed E-state index contributed by atoms with van der Waals surface area (Å²) in [6.45, 7) is 5.69. The molecule has 0 rings (SSSR count). The topological polar surface area (TPSA) is 55.6 Å². The number of nitrogens with two attached hydrogens (primary N) is 1. The molecule has 0 aliphatic heterocycles. The van der Waals surface area contributed by atoms with Crippen molar-refractivity contribution in [1.29, 1.82) is 0 Å². The fourth-order valence-electron chi connectivity index (χ4n) is 0.777. The molecule has 0 aliphatic carbocycles. The summed E-state index contributed by atoms with van der Waals surface area (Å²) in [6.07, 6.45) is 0.619. The van der Waals surface area contributed by atoms with Crippen molar-refractivity contribution in [2.45, 2.75) is 20.3 Å². The Labute approximate surface area is 80.0 Å². The predicted molar refractivity (Wildman–Crippen MR) is 52.5 cm³/mol. The molecule has 4 nitrogen and oxygen atoms in total. The van der Waals surface area contributed by atoms with Crippen molar-refractivity contribution in [3.8, 4) is 0 Å². The fourth-order valence-corrected chi connectivity index (χ4v) is 0.777. The van der Waals surface area contributed by atoms with E-state index in [1.54, 1.807) is 7.05 Å². The highest BCUT2D eigenvalue weighted by Gasteiger charge is 2.08. The summed E-state index contributed by atoms with van der Waals surface area (Å²) in [4.78, 5) is 12.6. The first-order valence-electron chi connectivity index (χ1n) is 4.66. The third-order valence-electron chi connectivity index (χ3n) is 1.70. The smallest absolute Gasteiger partial charge is 0.409 e. The molecule has 1 amide bonds. The summed E-state index contributed by atoms with van der Waals surface area (Å²) in [5.41, 5.74) is 5.29. The van der Waals surface area contributed by atoms with Crippen molar-refractivity contribution in [3.63, 3.8) is 0 Å². The van der Waals surface area contributed by atoms with Gasteiger partial charge in [-0.15, -0.1) is 0 Å². The van der Waals surface area contributed by atoms with Crippen molar-refractivity contribution in [1.82, 2.24) is 4.90 Å². The minimum absolute atomic E-state index is 0.286. The molecule has 0 fully saturated rings. The Hall–Kier alpha value is -0.770. The van der Waals surface area contributed by atoms with Crippen LogP contribution >= 0.6 is 0 Å². The van der Waals surface area contributed by atoms with Crippen LogP contribution in [-0.4, -0.2) is 37.7 Å². The molecule has 0 aromatic carbocycles. The minimum atomic E-state index is -0.286. The highest BCUT2D eigenvalue weighted by atomic mass is 16.6. The van der Waals surface area contributed by atoms with E-state index < -0.39 is 0 Å². The van der Waals surface area contributed by atoms with Crippen LogP contribution in [0.2, 0.25) is 0 Å². The van der Waals surface area contributed by atoms with E-state index in [0.29, 0.717) is 25.6 Å². The molecule has 0 bridgehead atoms. The average Bonchev–Trinajstić information content (AvgIpc) is 2.04. The Morgan fingerprint density at radius 2 is 2.15 bits per heavy atom. The molecule has 13 heavy (non-hydrogen) atoms. The lowest BCUT2D eigenvalue weighted by atomic mass is 10.1. The number of rotatable bonds is 5. The summed E-state index contributed by atoms with van der Waals surface area (Å²) < 4.78 is 5.00. The minimum Gasteiger partial charge on any atom is -0.449 e. The second kappa shape index (κ2) is 6.71. The van der Waals surface area contributed by atoms with Gasteiger partial charge in [-0.05, 0) is 12.3 Å². The Morgan fingerprint density at radius 3 is 2.62 bits per heavy atom. The van der Waals surface area contributed by atoms with Gasteiger partial charge in [-0.25, -0.2) is 4.79 Å². The number of carbonyl (C=O) groups excluding carboxylic acids is 1. The Morgan fingerprint density at radius 1 is 1.54 bits per heavy atom. The summed E-state index contributed by atoms with van der Waals surface area (Å²) in [5.74, 6) is 0.563. The van der Waals surface area contributed by atoms with E-state index in [1.165, 1.54) is 4.90 Å². The van der Waals surface area contributed by atoms with Gasteiger partial charge in [0.25, 0.3) is 0 Å². The van der Waals surface area contributed by atoms with Crippen molar-refractivity contribution in [3.05, 3.63) is 0 Å². The molecule has 0 saturated carbocycles. The highest BCUT2D eigenvalue weighted by Crippen LogP contribution is 2.00. The van der Waals surface area contributed by atoms with Crippen molar-refractivity contribution >= 4 is 6.09 Å². The second-order valence-electron chi connectivity index (χ2n) is 3.51. The number of likely N-dealkylation sites (N-methyl/N-ethyl adjacent to an activating group) is 1. The summed E-state index contributed by atoms with van der Waals surface area (Å²) in [5, 5.41) is 0. The lowest BCUT2D eigenvalue weighted by Crippen LogP contribution is -2.32.